The van der Waals surface area contributed by atoms with E-state index in [1.807, 2.05) is 38.1 Å². The summed E-state index contributed by atoms with van der Waals surface area (Å²) in [5.41, 5.74) is 1.42. The number of carbonyl (C=O) groups is 2. The molecule has 0 aliphatic rings. The lowest BCUT2D eigenvalue weighted by Gasteiger charge is -2.13. The molecule has 2 N–H and O–H groups in total. The topological polar surface area (TPSA) is 97.1 Å². The van der Waals surface area contributed by atoms with Crippen LogP contribution in [0.3, 0.4) is 0 Å². The zero-order valence-corrected chi connectivity index (χ0v) is 17.6. The summed E-state index contributed by atoms with van der Waals surface area (Å²) in [7, 11) is 0. The van der Waals surface area contributed by atoms with Gasteiger partial charge in [0, 0.05) is 23.2 Å². The van der Waals surface area contributed by atoms with Gasteiger partial charge in [-0.2, -0.15) is 0 Å². The van der Waals surface area contributed by atoms with E-state index < -0.39 is 11.9 Å². The molecule has 0 fully saturated rings. The van der Waals surface area contributed by atoms with Crippen LogP contribution < -0.4 is 10.6 Å². The zero-order valence-electron chi connectivity index (χ0n) is 15.9. The van der Waals surface area contributed by atoms with Crippen molar-refractivity contribution < 1.29 is 14.0 Å². The number of aryl methyl sites for hydroxylation is 1. The van der Waals surface area contributed by atoms with Crippen molar-refractivity contribution in [1.82, 2.24) is 20.8 Å². The summed E-state index contributed by atoms with van der Waals surface area (Å²) in [6.07, 6.45) is 0.836. The first-order chi connectivity index (χ1) is 13.5. The van der Waals surface area contributed by atoms with Gasteiger partial charge in [0.2, 0.25) is 5.91 Å². The number of benzene rings is 1. The summed E-state index contributed by atoms with van der Waals surface area (Å²) >= 11 is 3.02. The summed E-state index contributed by atoms with van der Waals surface area (Å²) < 4.78 is 6.66. The molecule has 2 aromatic heterocycles. The molecule has 3 rings (SSSR count). The van der Waals surface area contributed by atoms with Crippen LogP contribution >= 0.6 is 23.1 Å². The number of furan rings is 1. The second kappa shape index (κ2) is 9.20. The highest BCUT2D eigenvalue weighted by atomic mass is 32.2. The fourth-order valence-corrected chi connectivity index (χ4v) is 4.47. The average Bonchev–Trinajstić information content (AvgIpc) is 3.27. The van der Waals surface area contributed by atoms with E-state index in [1.165, 1.54) is 23.1 Å². The summed E-state index contributed by atoms with van der Waals surface area (Å²) in [5.74, 6) is 0.126. The Labute approximate surface area is 171 Å². The van der Waals surface area contributed by atoms with Crippen LogP contribution in [0.15, 0.2) is 33.0 Å². The molecule has 2 amide bonds. The van der Waals surface area contributed by atoms with E-state index in [0.717, 1.165) is 26.7 Å². The van der Waals surface area contributed by atoms with Crippen LogP contribution in [0.1, 0.15) is 41.4 Å². The van der Waals surface area contributed by atoms with Gasteiger partial charge in [0.1, 0.15) is 16.6 Å². The lowest BCUT2D eigenvalue weighted by molar-refractivity contribution is -0.122. The van der Waals surface area contributed by atoms with Crippen LogP contribution in [0.5, 0.6) is 0 Å². The Morgan fingerprint density at radius 1 is 1.29 bits per heavy atom. The highest BCUT2D eigenvalue weighted by Crippen LogP contribution is 2.33. The Morgan fingerprint density at radius 3 is 2.79 bits per heavy atom. The number of thioether (sulfide) groups is 1. The van der Waals surface area contributed by atoms with Crippen LogP contribution in [-0.4, -0.2) is 34.6 Å². The molecule has 0 saturated heterocycles. The molecule has 28 heavy (non-hydrogen) atoms. The Bertz CT molecular complexity index is 983. The predicted octanol–water partition coefficient (Wildman–Crippen LogP) is 3.53. The molecule has 7 nitrogen and oxygen atoms in total. The third-order valence-electron chi connectivity index (χ3n) is 4.04. The van der Waals surface area contributed by atoms with Gasteiger partial charge in [0.05, 0.1) is 0 Å². The molecule has 1 aromatic carbocycles. The second-order valence-corrected chi connectivity index (χ2v) is 8.67. The molecule has 148 valence electrons. The van der Waals surface area contributed by atoms with E-state index in [9.17, 15) is 9.59 Å². The third kappa shape index (κ3) is 4.71. The van der Waals surface area contributed by atoms with Crippen molar-refractivity contribution in [3.05, 3.63) is 40.6 Å². The Balaban J connectivity index is 1.81. The molecular weight excluding hydrogens is 396 g/mol. The lowest BCUT2D eigenvalue weighted by atomic mass is 10.1. The number of nitrogens with one attached hydrogen (secondary N) is 2. The first kappa shape index (κ1) is 20.3. The van der Waals surface area contributed by atoms with Crippen molar-refractivity contribution in [3.8, 4) is 0 Å². The molecule has 0 bridgehead atoms. The van der Waals surface area contributed by atoms with Crippen LogP contribution in [0.4, 0.5) is 0 Å². The number of aromatic nitrogens is 2. The monoisotopic (exact) mass is 418 g/mol. The van der Waals surface area contributed by atoms with E-state index in [0.29, 0.717) is 17.9 Å². The van der Waals surface area contributed by atoms with Crippen molar-refractivity contribution in [3.63, 3.8) is 0 Å². The van der Waals surface area contributed by atoms with Gasteiger partial charge in [-0.05, 0) is 26.3 Å². The van der Waals surface area contributed by atoms with Gasteiger partial charge in [0.15, 0.2) is 10.1 Å². The maximum absolute atomic E-state index is 12.8. The standard InChI is InChI=1S/C19H22N4O3S2/c1-4-9-20-17(24)11(2)21-18(25)16-14(10-27-19-23-22-12(3)28-19)13-7-5-6-8-15(13)26-16/h5-8,11H,4,9-10H2,1-3H3,(H,20,24)(H,21,25)/t11-/m1/s1. The number of hydrogen-bond acceptors (Lipinski definition) is 7. The number of rotatable bonds is 8. The Morgan fingerprint density at radius 2 is 2.07 bits per heavy atom. The number of amides is 2. The van der Waals surface area contributed by atoms with Crippen LogP contribution in [-0.2, 0) is 10.5 Å². The Kier molecular flexibility index (Phi) is 6.69. The van der Waals surface area contributed by atoms with Gasteiger partial charge in [-0.3, -0.25) is 9.59 Å². The Hall–Kier alpha value is -2.39. The van der Waals surface area contributed by atoms with E-state index in [-0.39, 0.29) is 11.7 Å². The summed E-state index contributed by atoms with van der Waals surface area (Å²) in [4.78, 5) is 24.9. The van der Waals surface area contributed by atoms with Gasteiger partial charge < -0.3 is 15.1 Å². The molecule has 2 heterocycles. The average molecular weight is 419 g/mol. The summed E-state index contributed by atoms with van der Waals surface area (Å²) in [6.45, 7) is 6.11. The van der Waals surface area contributed by atoms with Crippen molar-refractivity contribution in [2.45, 2.75) is 43.3 Å². The molecule has 0 spiro atoms. The van der Waals surface area contributed by atoms with Gasteiger partial charge in [-0.1, -0.05) is 48.2 Å². The number of fused-ring (bicyclic) bond motifs is 1. The lowest BCUT2D eigenvalue weighted by Crippen LogP contribution is -2.45. The molecule has 0 radical (unpaired) electrons. The molecule has 0 aliphatic carbocycles. The second-order valence-electron chi connectivity index (χ2n) is 6.27. The van der Waals surface area contributed by atoms with Crippen molar-refractivity contribution >= 4 is 45.9 Å². The normalized spacial score (nSPS) is 12.1. The predicted molar refractivity (Wildman–Crippen MR) is 111 cm³/mol. The van der Waals surface area contributed by atoms with Gasteiger partial charge in [-0.15, -0.1) is 10.2 Å². The molecule has 9 heteroatoms. The van der Waals surface area contributed by atoms with E-state index in [2.05, 4.69) is 20.8 Å². The summed E-state index contributed by atoms with van der Waals surface area (Å²) in [5, 5.41) is 15.4. The minimum absolute atomic E-state index is 0.216. The molecule has 0 unspecified atom stereocenters. The fourth-order valence-electron chi connectivity index (χ4n) is 2.63. The minimum atomic E-state index is -0.654. The first-order valence-corrected chi connectivity index (χ1v) is 10.8. The summed E-state index contributed by atoms with van der Waals surface area (Å²) in [6, 6.07) is 6.86. The number of para-hydroxylation sites is 1. The number of carbonyl (C=O) groups excluding carboxylic acids is 2. The number of hydrogen-bond donors (Lipinski definition) is 2. The maximum atomic E-state index is 12.8. The zero-order chi connectivity index (χ0) is 20.1. The molecule has 1 atom stereocenters. The first-order valence-electron chi connectivity index (χ1n) is 9.01. The van der Waals surface area contributed by atoms with Crippen molar-refractivity contribution in [2.24, 2.45) is 0 Å². The van der Waals surface area contributed by atoms with Crippen LogP contribution in [0.2, 0.25) is 0 Å². The molecule has 3 aromatic rings. The van der Waals surface area contributed by atoms with Crippen LogP contribution in [0, 0.1) is 6.92 Å². The van der Waals surface area contributed by atoms with Crippen LogP contribution in [0.25, 0.3) is 11.0 Å². The molecular formula is C19H22N4O3S2. The molecule has 0 aliphatic heterocycles. The minimum Gasteiger partial charge on any atom is -0.451 e. The molecule has 0 saturated carbocycles. The van der Waals surface area contributed by atoms with E-state index >= 15 is 0 Å². The third-order valence-corrected chi connectivity index (χ3v) is 6.04. The fraction of sp³-hybridized carbons (Fsp3) is 0.368. The largest absolute Gasteiger partial charge is 0.451 e. The smallest absolute Gasteiger partial charge is 0.288 e. The number of nitrogens with zero attached hydrogens (tertiary/aromatic N) is 2. The van der Waals surface area contributed by atoms with E-state index in [4.69, 9.17) is 4.42 Å². The highest BCUT2D eigenvalue weighted by Gasteiger charge is 2.24. The van der Waals surface area contributed by atoms with Gasteiger partial charge in [-0.25, -0.2) is 0 Å². The SMILES string of the molecule is CCCNC(=O)[C@@H](C)NC(=O)c1oc2ccccc2c1CSc1nnc(C)s1. The van der Waals surface area contributed by atoms with Gasteiger partial charge >= 0.3 is 0 Å². The van der Waals surface area contributed by atoms with Crippen molar-refractivity contribution in [2.75, 3.05) is 6.54 Å². The maximum Gasteiger partial charge on any atom is 0.288 e. The highest BCUT2D eigenvalue weighted by molar-refractivity contribution is 8.00. The van der Waals surface area contributed by atoms with Crippen molar-refractivity contribution in [1.29, 1.82) is 0 Å². The van der Waals surface area contributed by atoms with Gasteiger partial charge in [0.25, 0.3) is 5.91 Å². The quantitative estimate of drug-likeness (QED) is 0.543. The van der Waals surface area contributed by atoms with E-state index in [1.54, 1.807) is 6.92 Å².